The van der Waals surface area contributed by atoms with E-state index in [1.54, 1.807) is 12.1 Å². The SMILES string of the molecule is COc1cc(CN2CCC(N3CCNCC3)C2)ccc1OCC(F)(F)F.Cl. The molecule has 2 aliphatic rings. The van der Waals surface area contributed by atoms with Crippen molar-refractivity contribution in [2.24, 2.45) is 0 Å². The summed E-state index contributed by atoms with van der Waals surface area (Å²) < 4.78 is 47.1. The Balaban J connectivity index is 0.00000261. The van der Waals surface area contributed by atoms with Crippen molar-refractivity contribution in [3.05, 3.63) is 23.8 Å². The smallest absolute Gasteiger partial charge is 0.422 e. The van der Waals surface area contributed by atoms with E-state index < -0.39 is 12.8 Å². The van der Waals surface area contributed by atoms with Crippen LogP contribution >= 0.6 is 12.4 Å². The Bertz CT molecular complexity index is 598. The molecule has 2 heterocycles. The highest BCUT2D eigenvalue weighted by Gasteiger charge is 2.30. The van der Waals surface area contributed by atoms with Crippen LogP contribution in [0.4, 0.5) is 13.2 Å². The minimum absolute atomic E-state index is 0. The fraction of sp³-hybridized carbons (Fsp3) is 0.667. The number of piperazine rings is 1. The first-order valence-corrected chi connectivity index (χ1v) is 8.98. The van der Waals surface area contributed by atoms with Gasteiger partial charge in [0.2, 0.25) is 0 Å². The fourth-order valence-electron chi connectivity index (χ4n) is 3.65. The van der Waals surface area contributed by atoms with Crippen molar-refractivity contribution in [2.45, 2.75) is 25.2 Å². The van der Waals surface area contributed by atoms with Gasteiger partial charge in [0.05, 0.1) is 7.11 Å². The number of benzene rings is 1. The maximum Gasteiger partial charge on any atom is 0.422 e. The third-order valence-electron chi connectivity index (χ3n) is 4.94. The van der Waals surface area contributed by atoms with E-state index in [9.17, 15) is 13.2 Å². The molecular weight excluding hydrogens is 383 g/mol. The predicted molar refractivity (Wildman–Crippen MR) is 99.9 cm³/mol. The maximum absolute atomic E-state index is 12.3. The second kappa shape index (κ2) is 9.82. The molecule has 1 N–H and O–H groups in total. The molecule has 2 fully saturated rings. The highest BCUT2D eigenvalue weighted by molar-refractivity contribution is 5.85. The Morgan fingerprint density at radius 1 is 1.15 bits per heavy atom. The molecule has 0 amide bonds. The van der Waals surface area contributed by atoms with Crippen molar-refractivity contribution < 1.29 is 22.6 Å². The molecule has 9 heteroatoms. The highest BCUT2D eigenvalue weighted by atomic mass is 35.5. The van der Waals surface area contributed by atoms with Crippen LogP contribution in [0.25, 0.3) is 0 Å². The Morgan fingerprint density at radius 2 is 1.89 bits per heavy atom. The molecule has 0 radical (unpaired) electrons. The van der Waals surface area contributed by atoms with E-state index in [0.717, 1.165) is 57.8 Å². The molecule has 0 spiro atoms. The van der Waals surface area contributed by atoms with Crippen LogP contribution < -0.4 is 14.8 Å². The fourth-order valence-corrected chi connectivity index (χ4v) is 3.65. The van der Waals surface area contributed by atoms with Gasteiger partial charge in [0.1, 0.15) is 0 Å². The molecule has 1 aromatic rings. The van der Waals surface area contributed by atoms with Crippen LogP contribution in [0.2, 0.25) is 0 Å². The van der Waals surface area contributed by atoms with Crippen LogP contribution in [-0.2, 0) is 6.54 Å². The summed E-state index contributed by atoms with van der Waals surface area (Å²) in [5.41, 5.74) is 1.02. The first kappa shape index (κ1) is 22.1. The van der Waals surface area contributed by atoms with E-state index in [-0.39, 0.29) is 18.2 Å². The van der Waals surface area contributed by atoms with Gasteiger partial charge in [0.25, 0.3) is 0 Å². The van der Waals surface area contributed by atoms with E-state index in [1.165, 1.54) is 7.11 Å². The summed E-state index contributed by atoms with van der Waals surface area (Å²) in [6.45, 7) is 5.78. The maximum atomic E-state index is 12.3. The Hall–Kier alpha value is -1.22. The molecule has 154 valence electrons. The topological polar surface area (TPSA) is 37.0 Å². The summed E-state index contributed by atoms with van der Waals surface area (Å²) in [6.07, 6.45) is -3.21. The molecule has 5 nitrogen and oxygen atoms in total. The Morgan fingerprint density at radius 3 is 2.56 bits per heavy atom. The molecule has 2 saturated heterocycles. The largest absolute Gasteiger partial charge is 0.493 e. The third kappa shape index (κ3) is 6.41. The number of likely N-dealkylation sites (tertiary alicyclic amines) is 1. The molecule has 0 aromatic heterocycles. The quantitative estimate of drug-likeness (QED) is 0.781. The number of nitrogens with zero attached hydrogens (tertiary/aromatic N) is 2. The van der Waals surface area contributed by atoms with Gasteiger partial charge in [-0.2, -0.15) is 13.2 Å². The van der Waals surface area contributed by atoms with Crippen molar-refractivity contribution in [2.75, 3.05) is 53.0 Å². The van der Waals surface area contributed by atoms with Crippen molar-refractivity contribution in [1.82, 2.24) is 15.1 Å². The molecule has 1 atom stereocenters. The van der Waals surface area contributed by atoms with Crippen molar-refractivity contribution in [3.8, 4) is 11.5 Å². The molecule has 0 saturated carbocycles. The van der Waals surface area contributed by atoms with Crippen molar-refractivity contribution in [1.29, 1.82) is 0 Å². The minimum atomic E-state index is -4.36. The van der Waals surface area contributed by atoms with E-state index >= 15 is 0 Å². The summed E-state index contributed by atoms with van der Waals surface area (Å²) in [5, 5.41) is 3.38. The van der Waals surface area contributed by atoms with Gasteiger partial charge in [-0.15, -0.1) is 12.4 Å². The molecule has 0 bridgehead atoms. The average Bonchev–Trinajstić information content (AvgIpc) is 3.09. The Labute approximate surface area is 164 Å². The highest BCUT2D eigenvalue weighted by Crippen LogP contribution is 2.30. The van der Waals surface area contributed by atoms with Crippen molar-refractivity contribution >= 4 is 12.4 Å². The number of methoxy groups -OCH3 is 1. The molecule has 27 heavy (non-hydrogen) atoms. The number of hydrogen-bond donors (Lipinski definition) is 1. The standard InChI is InChI=1S/C18H26F3N3O2.ClH/c1-25-17-10-14(2-3-16(17)26-13-18(19,20)21)11-23-7-4-15(12-23)24-8-5-22-6-9-24;/h2-3,10,15,22H,4-9,11-13H2,1H3;1H. The summed E-state index contributed by atoms with van der Waals surface area (Å²) in [5.74, 6) is 0.457. The van der Waals surface area contributed by atoms with Gasteiger partial charge in [0.15, 0.2) is 18.1 Å². The number of halogens is 4. The van der Waals surface area contributed by atoms with Gasteiger partial charge < -0.3 is 14.8 Å². The van der Waals surface area contributed by atoms with Gasteiger partial charge in [-0.1, -0.05) is 6.07 Å². The first-order valence-electron chi connectivity index (χ1n) is 8.98. The van der Waals surface area contributed by atoms with E-state index in [4.69, 9.17) is 9.47 Å². The number of hydrogen-bond acceptors (Lipinski definition) is 5. The number of alkyl halides is 3. The van der Waals surface area contributed by atoms with Gasteiger partial charge >= 0.3 is 6.18 Å². The van der Waals surface area contributed by atoms with Gasteiger partial charge in [-0.05, 0) is 24.1 Å². The normalized spacial score (nSPS) is 21.7. The molecule has 1 aromatic carbocycles. The predicted octanol–water partition coefficient (Wildman–Crippen LogP) is 2.54. The summed E-state index contributed by atoms with van der Waals surface area (Å²) in [7, 11) is 1.44. The molecule has 3 rings (SSSR count). The minimum Gasteiger partial charge on any atom is -0.493 e. The number of rotatable bonds is 6. The van der Waals surface area contributed by atoms with Crippen LogP contribution in [0.1, 0.15) is 12.0 Å². The van der Waals surface area contributed by atoms with Crippen LogP contribution in [0.3, 0.4) is 0 Å². The van der Waals surface area contributed by atoms with Crippen LogP contribution in [0, 0.1) is 0 Å². The lowest BCUT2D eigenvalue weighted by atomic mass is 10.2. The number of ether oxygens (including phenoxy) is 2. The van der Waals surface area contributed by atoms with Crippen molar-refractivity contribution in [3.63, 3.8) is 0 Å². The van der Waals surface area contributed by atoms with E-state index in [0.29, 0.717) is 11.8 Å². The molecular formula is C18H27ClF3N3O2. The summed E-state index contributed by atoms with van der Waals surface area (Å²) in [4.78, 5) is 4.93. The zero-order valence-electron chi connectivity index (χ0n) is 15.4. The van der Waals surface area contributed by atoms with Crippen LogP contribution in [0.5, 0.6) is 11.5 Å². The summed E-state index contributed by atoms with van der Waals surface area (Å²) in [6, 6.07) is 5.73. The van der Waals surface area contributed by atoms with Gasteiger partial charge in [-0.3, -0.25) is 9.80 Å². The molecule has 1 unspecified atom stereocenters. The zero-order valence-corrected chi connectivity index (χ0v) is 16.2. The second-order valence-electron chi connectivity index (χ2n) is 6.85. The lowest BCUT2D eigenvalue weighted by molar-refractivity contribution is -0.153. The Kier molecular flexibility index (Phi) is 8.03. The third-order valence-corrected chi connectivity index (χ3v) is 4.94. The lowest BCUT2D eigenvalue weighted by Crippen LogP contribution is -2.49. The monoisotopic (exact) mass is 409 g/mol. The zero-order chi connectivity index (χ0) is 18.6. The van der Waals surface area contributed by atoms with Crippen LogP contribution in [0.15, 0.2) is 18.2 Å². The lowest BCUT2D eigenvalue weighted by Gasteiger charge is -2.32. The van der Waals surface area contributed by atoms with Gasteiger partial charge in [0, 0.05) is 51.9 Å². The van der Waals surface area contributed by atoms with E-state index in [2.05, 4.69) is 15.1 Å². The van der Waals surface area contributed by atoms with E-state index in [1.807, 2.05) is 6.07 Å². The van der Waals surface area contributed by atoms with Gasteiger partial charge in [-0.25, -0.2) is 0 Å². The van der Waals surface area contributed by atoms with Crippen LogP contribution in [-0.4, -0.2) is 75.0 Å². The first-order chi connectivity index (χ1) is 12.4. The summed E-state index contributed by atoms with van der Waals surface area (Å²) >= 11 is 0. The molecule has 0 aliphatic carbocycles. The molecule has 2 aliphatic heterocycles. The second-order valence-corrected chi connectivity index (χ2v) is 6.85. The average molecular weight is 410 g/mol. The number of nitrogens with one attached hydrogen (secondary N) is 1.